The van der Waals surface area contributed by atoms with Crippen molar-refractivity contribution < 1.29 is 4.74 Å². The standard InChI is InChI=1S/C11H21BrO/c1-2-3-11(12)5-4-10-6-8-13-9-7-10/h10-11H,2-9H2,1H3. The number of alkyl halides is 1. The summed E-state index contributed by atoms with van der Waals surface area (Å²) in [5, 5.41) is 0. The van der Waals surface area contributed by atoms with Crippen LogP contribution in [0.2, 0.25) is 0 Å². The zero-order valence-electron chi connectivity index (χ0n) is 8.60. The van der Waals surface area contributed by atoms with Crippen molar-refractivity contribution in [2.24, 2.45) is 5.92 Å². The van der Waals surface area contributed by atoms with Crippen molar-refractivity contribution in [3.63, 3.8) is 0 Å². The van der Waals surface area contributed by atoms with Crippen LogP contribution in [0.1, 0.15) is 45.4 Å². The zero-order valence-corrected chi connectivity index (χ0v) is 10.2. The second-order valence-corrected chi connectivity index (χ2v) is 5.31. The number of hydrogen-bond donors (Lipinski definition) is 0. The van der Waals surface area contributed by atoms with Crippen LogP contribution in [0, 0.1) is 5.92 Å². The molecule has 1 fully saturated rings. The molecule has 0 amide bonds. The van der Waals surface area contributed by atoms with Gasteiger partial charge in [0.05, 0.1) is 0 Å². The highest BCUT2D eigenvalue weighted by Gasteiger charge is 2.14. The summed E-state index contributed by atoms with van der Waals surface area (Å²) in [4.78, 5) is 0.750. The van der Waals surface area contributed by atoms with Gasteiger partial charge in [-0.3, -0.25) is 0 Å². The molecule has 0 saturated carbocycles. The lowest BCUT2D eigenvalue weighted by molar-refractivity contribution is 0.0633. The number of halogens is 1. The lowest BCUT2D eigenvalue weighted by atomic mass is 9.93. The van der Waals surface area contributed by atoms with Gasteiger partial charge in [0, 0.05) is 18.0 Å². The van der Waals surface area contributed by atoms with Crippen molar-refractivity contribution in [1.29, 1.82) is 0 Å². The van der Waals surface area contributed by atoms with Crippen LogP contribution in [-0.2, 0) is 4.74 Å². The molecule has 0 aromatic rings. The highest BCUT2D eigenvalue weighted by Crippen LogP contribution is 2.24. The van der Waals surface area contributed by atoms with Crippen molar-refractivity contribution in [2.75, 3.05) is 13.2 Å². The maximum atomic E-state index is 5.34. The molecule has 1 aliphatic rings. The van der Waals surface area contributed by atoms with E-state index in [2.05, 4.69) is 22.9 Å². The van der Waals surface area contributed by atoms with Gasteiger partial charge in [-0.25, -0.2) is 0 Å². The van der Waals surface area contributed by atoms with E-state index in [1.54, 1.807) is 0 Å². The Morgan fingerprint density at radius 1 is 1.31 bits per heavy atom. The molecule has 2 heteroatoms. The summed E-state index contributed by atoms with van der Waals surface area (Å²) in [5.41, 5.74) is 0. The van der Waals surface area contributed by atoms with Gasteiger partial charge in [0.15, 0.2) is 0 Å². The van der Waals surface area contributed by atoms with Crippen molar-refractivity contribution in [3.8, 4) is 0 Å². The molecule has 0 spiro atoms. The topological polar surface area (TPSA) is 9.23 Å². The molecular weight excluding hydrogens is 228 g/mol. The van der Waals surface area contributed by atoms with Crippen molar-refractivity contribution in [2.45, 2.75) is 50.3 Å². The first-order chi connectivity index (χ1) is 6.33. The molecule has 0 aliphatic carbocycles. The third-order valence-corrected chi connectivity index (χ3v) is 3.75. The van der Waals surface area contributed by atoms with Crippen LogP contribution in [0.3, 0.4) is 0 Å². The van der Waals surface area contributed by atoms with Crippen LogP contribution >= 0.6 is 15.9 Å². The maximum absolute atomic E-state index is 5.34. The SMILES string of the molecule is CCCC(Br)CCC1CCOCC1. The van der Waals surface area contributed by atoms with Crippen LogP contribution in [-0.4, -0.2) is 18.0 Å². The van der Waals surface area contributed by atoms with E-state index in [0.717, 1.165) is 24.0 Å². The number of hydrogen-bond acceptors (Lipinski definition) is 1. The molecule has 1 nitrogen and oxygen atoms in total. The summed E-state index contributed by atoms with van der Waals surface area (Å²) >= 11 is 3.73. The van der Waals surface area contributed by atoms with E-state index >= 15 is 0 Å². The van der Waals surface area contributed by atoms with Gasteiger partial charge < -0.3 is 4.74 Å². The predicted octanol–water partition coefficient (Wildman–Crippen LogP) is 3.76. The minimum absolute atomic E-state index is 0.750. The predicted molar refractivity (Wildman–Crippen MR) is 60.4 cm³/mol. The summed E-state index contributed by atoms with van der Waals surface area (Å²) in [6, 6.07) is 0. The van der Waals surface area contributed by atoms with Crippen LogP contribution in [0.25, 0.3) is 0 Å². The van der Waals surface area contributed by atoms with E-state index in [1.165, 1.54) is 38.5 Å². The first-order valence-corrected chi connectivity index (χ1v) is 6.46. The Morgan fingerprint density at radius 2 is 2.00 bits per heavy atom. The molecule has 13 heavy (non-hydrogen) atoms. The maximum Gasteiger partial charge on any atom is 0.0468 e. The summed E-state index contributed by atoms with van der Waals surface area (Å²) in [6.45, 7) is 4.24. The van der Waals surface area contributed by atoms with E-state index in [9.17, 15) is 0 Å². The Bertz CT molecular complexity index is 121. The van der Waals surface area contributed by atoms with E-state index < -0.39 is 0 Å². The average molecular weight is 249 g/mol. The van der Waals surface area contributed by atoms with Gasteiger partial charge in [0.25, 0.3) is 0 Å². The second kappa shape index (κ2) is 6.83. The summed E-state index contributed by atoms with van der Waals surface area (Å²) in [6.07, 6.45) is 7.92. The summed E-state index contributed by atoms with van der Waals surface area (Å²) in [7, 11) is 0. The van der Waals surface area contributed by atoms with Crippen molar-refractivity contribution in [1.82, 2.24) is 0 Å². The number of ether oxygens (including phenoxy) is 1. The first kappa shape index (κ1) is 11.5. The molecule has 78 valence electrons. The van der Waals surface area contributed by atoms with Gasteiger partial charge in [-0.15, -0.1) is 0 Å². The Hall–Kier alpha value is 0.440. The molecule has 1 heterocycles. The average Bonchev–Trinajstić information content (AvgIpc) is 2.17. The van der Waals surface area contributed by atoms with E-state index in [-0.39, 0.29) is 0 Å². The van der Waals surface area contributed by atoms with Crippen molar-refractivity contribution in [3.05, 3.63) is 0 Å². The third kappa shape index (κ3) is 5.02. The van der Waals surface area contributed by atoms with E-state index in [0.29, 0.717) is 0 Å². The Balaban J connectivity index is 2.03. The molecule has 0 aromatic carbocycles. The van der Waals surface area contributed by atoms with Crippen LogP contribution < -0.4 is 0 Å². The van der Waals surface area contributed by atoms with Crippen LogP contribution in [0.4, 0.5) is 0 Å². The quantitative estimate of drug-likeness (QED) is 0.674. The molecule has 1 unspecified atom stereocenters. The highest BCUT2D eigenvalue weighted by atomic mass is 79.9. The monoisotopic (exact) mass is 248 g/mol. The van der Waals surface area contributed by atoms with Gasteiger partial charge >= 0.3 is 0 Å². The summed E-state index contributed by atoms with van der Waals surface area (Å²) < 4.78 is 5.34. The van der Waals surface area contributed by atoms with Gasteiger partial charge in [0.1, 0.15) is 0 Å². The van der Waals surface area contributed by atoms with Gasteiger partial charge in [0.2, 0.25) is 0 Å². The smallest absolute Gasteiger partial charge is 0.0468 e. The van der Waals surface area contributed by atoms with E-state index in [4.69, 9.17) is 4.74 Å². The normalized spacial score (nSPS) is 21.7. The Kier molecular flexibility index (Phi) is 6.05. The fourth-order valence-electron chi connectivity index (χ4n) is 1.91. The molecule has 1 saturated heterocycles. The molecule has 0 aromatic heterocycles. The molecular formula is C11H21BrO. The lowest BCUT2D eigenvalue weighted by Crippen LogP contribution is -2.16. The largest absolute Gasteiger partial charge is 0.381 e. The lowest BCUT2D eigenvalue weighted by Gasteiger charge is -2.22. The Morgan fingerprint density at radius 3 is 2.62 bits per heavy atom. The Labute approximate surface area is 90.4 Å². The molecule has 0 N–H and O–H groups in total. The minimum atomic E-state index is 0.750. The third-order valence-electron chi connectivity index (χ3n) is 2.83. The van der Waals surface area contributed by atoms with Gasteiger partial charge in [-0.05, 0) is 38.0 Å². The molecule has 0 bridgehead atoms. The van der Waals surface area contributed by atoms with Crippen LogP contribution in [0.5, 0.6) is 0 Å². The second-order valence-electron chi connectivity index (χ2n) is 4.02. The molecule has 1 atom stereocenters. The molecule has 1 rings (SSSR count). The first-order valence-electron chi connectivity index (χ1n) is 5.54. The van der Waals surface area contributed by atoms with Gasteiger partial charge in [-0.2, -0.15) is 0 Å². The van der Waals surface area contributed by atoms with Gasteiger partial charge in [-0.1, -0.05) is 29.3 Å². The van der Waals surface area contributed by atoms with Crippen LogP contribution in [0.15, 0.2) is 0 Å². The molecule has 0 radical (unpaired) electrons. The van der Waals surface area contributed by atoms with E-state index in [1.807, 2.05) is 0 Å². The summed E-state index contributed by atoms with van der Waals surface area (Å²) in [5.74, 6) is 0.936. The zero-order chi connectivity index (χ0) is 9.52. The fraction of sp³-hybridized carbons (Fsp3) is 1.00. The molecule has 1 aliphatic heterocycles. The fourth-order valence-corrected chi connectivity index (χ4v) is 2.63. The highest BCUT2D eigenvalue weighted by molar-refractivity contribution is 9.09. The number of rotatable bonds is 5. The van der Waals surface area contributed by atoms with Crippen molar-refractivity contribution >= 4 is 15.9 Å². The minimum Gasteiger partial charge on any atom is -0.381 e.